The van der Waals surface area contributed by atoms with Crippen molar-refractivity contribution in [1.29, 1.82) is 0 Å². The van der Waals surface area contributed by atoms with Crippen LogP contribution in [-0.2, 0) is 0 Å². The summed E-state index contributed by atoms with van der Waals surface area (Å²) in [6.45, 7) is 7.40. The molecule has 0 bridgehead atoms. The van der Waals surface area contributed by atoms with E-state index in [2.05, 4.69) is 80.5 Å². The zero-order valence-corrected chi connectivity index (χ0v) is 13.8. The average molecular weight is 282 g/mol. The average Bonchev–Trinajstić information content (AvgIpc) is 2.48. The van der Waals surface area contributed by atoms with E-state index in [0.717, 1.165) is 6.54 Å². The lowest BCUT2D eigenvalue weighted by molar-refractivity contribution is 0.589. The summed E-state index contributed by atoms with van der Waals surface area (Å²) in [5.74, 6) is 0. The van der Waals surface area contributed by atoms with Gasteiger partial charge in [0.2, 0.25) is 0 Å². The first-order valence-corrected chi connectivity index (χ1v) is 7.53. The number of likely N-dealkylation sites (N-methyl/N-ethyl adjacent to an activating group) is 2. The summed E-state index contributed by atoms with van der Waals surface area (Å²) >= 11 is 0. The molecule has 0 aromatic heterocycles. The number of rotatable bonds is 5. The second-order valence-electron chi connectivity index (χ2n) is 5.90. The zero-order valence-electron chi connectivity index (χ0n) is 13.8. The molecule has 2 heteroatoms. The van der Waals surface area contributed by atoms with Gasteiger partial charge in [0.25, 0.3) is 0 Å². The van der Waals surface area contributed by atoms with Crippen molar-refractivity contribution in [3.8, 4) is 0 Å². The van der Waals surface area contributed by atoms with Crippen LogP contribution in [-0.4, -0.2) is 20.6 Å². The summed E-state index contributed by atoms with van der Waals surface area (Å²) in [4.78, 5) is 2.30. The molecule has 1 atom stereocenters. The Bertz CT molecular complexity index is 587. The summed E-state index contributed by atoms with van der Waals surface area (Å²) in [6.07, 6.45) is 0. The fourth-order valence-electron chi connectivity index (χ4n) is 2.52. The second kappa shape index (κ2) is 6.77. The minimum absolute atomic E-state index is 0.329. The van der Waals surface area contributed by atoms with Gasteiger partial charge in [0, 0.05) is 25.3 Å². The van der Waals surface area contributed by atoms with Gasteiger partial charge in [0.05, 0.1) is 0 Å². The maximum absolute atomic E-state index is 3.44. The first-order valence-electron chi connectivity index (χ1n) is 7.53. The maximum atomic E-state index is 3.44. The van der Waals surface area contributed by atoms with Gasteiger partial charge in [-0.3, -0.25) is 0 Å². The Hall–Kier alpha value is -1.80. The molecule has 2 aromatic carbocycles. The van der Waals surface area contributed by atoms with Gasteiger partial charge in [-0.25, -0.2) is 0 Å². The van der Waals surface area contributed by atoms with E-state index in [1.165, 1.54) is 27.9 Å². The van der Waals surface area contributed by atoms with Crippen LogP contribution < -0.4 is 10.2 Å². The number of aryl methyl sites for hydroxylation is 3. The highest BCUT2D eigenvalue weighted by Gasteiger charge is 2.13. The number of benzene rings is 2. The Balaban J connectivity index is 2.14. The Labute approximate surface area is 128 Å². The normalized spacial score (nSPS) is 12.2. The second-order valence-corrected chi connectivity index (χ2v) is 5.90. The lowest BCUT2D eigenvalue weighted by atomic mass is 10.0. The SMILES string of the molecule is CNC(CN(C)c1ccc(C)cc1)c1ccc(C)c(C)c1. The lowest BCUT2D eigenvalue weighted by Gasteiger charge is -2.26. The summed E-state index contributed by atoms with van der Waals surface area (Å²) in [5.41, 5.74) is 6.60. The number of hydrogen-bond donors (Lipinski definition) is 1. The molecule has 0 aliphatic carbocycles. The van der Waals surface area contributed by atoms with Crippen LogP contribution in [0.2, 0.25) is 0 Å². The summed E-state index contributed by atoms with van der Waals surface area (Å²) < 4.78 is 0. The van der Waals surface area contributed by atoms with Crippen LogP contribution >= 0.6 is 0 Å². The Morgan fingerprint density at radius 2 is 1.62 bits per heavy atom. The van der Waals surface area contributed by atoms with Crippen LogP contribution in [0.1, 0.15) is 28.3 Å². The molecule has 1 unspecified atom stereocenters. The lowest BCUT2D eigenvalue weighted by Crippen LogP contribution is -2.31. The van der Waals surface area contributed by atoms with E-state index >= 15 is 0 Å². The predicted octanol–water partition coefficient (Wildman–Crippen LogP) is 4.01. The quantitative estimate of drug-likeness (QED) is 0.891. The van der Waals surface area contributed by atoms with Crippen molar-refractivity contribution in [2.45, 2.75) is 26.8 Å². The number of nitrogens with zero attached hydrogens (tertiary/aromatic N) is 1. The third-order valence-electron chi connectivity index (χ3n) is 4.21. The topological polar surface area (TPSA) is 15.3 Å². The van der Waals surface area contributed by atoms with E-state index in [9.17, 15) is 0 Å². The molecule has 0 amide bonds. The van der Waals surface area contributed by atoms with Gasteiger partial charge in [-0.1, -0.05) is 35.9 Å². The highest BCUT2D eigenvalue weighted by Crippen LogP contribution is 2.21. The standard InChI is InChI=1S/C19H26N2/c1-14-6-10-18(11-7-14)21(5)13-19(20-4)17-9-8-15(2)16(3)12-17/h6-12,19-20H,13H2,1-5H3. The van der Waals surface area contributed by atoms with Crippen molar-refractivity contribution >= 4 is 5.69 Å². The third-order valence-corrected chi connectivity index (χ3v) is 4.21. The van der Waals surface area contributed by atoms with Crippen LogP contribution in [0.25, 0.3) is 0 Å². The highest BCUT2D eigenvalue weighted by molar-refractivity contribution is 5.47. The van der Waals surface area contributed by atoms with E-state index < -0.39 is 0 Å². The molecule has 21 heavy (non-hydrogen) atoms. The molecule has 2 nitrogen and oxygen atoms in total. The highest BCUT2D eigenvalue weighted by atomic mass is 15.1. The van der Waals surface area contributed by atoms with Crippen LogP contribution in [0.5, 0.6) is 0 Å². The number of anilines is 1. The van der Waals surface area contributed by atoms with Crippen LogP contribution in [0.4, 0.5) is 5.69 Å². The molecule has 0 heterocycles. The molecular weight excluding hydrogens is 256 g/mol. The summed E-state index contributed by atoms with van der Waals surface area (Å²) in [6, 6.07) is 15.8. The van der Waals surface area contributed by atoms with Gasteiger partial charge < -0.3 is 10.2 Å². The maximum Gasteiger partial charge on any atom is 0.0495 e. The Kier molecular flexibility index (Phi) is 5.03. The van der Waals surface area contributed by atoms with E-state index in [-0.39, 0.29) is 0 Å². The number of nitrogens with one attached hydrogen (secondary N) is 1. The first kappa shape index (κ1) is 15.6. The predicted molar refractivity (Wildman–Crippen MR) is 92.2 cm³/mol. The molecule has 1 N–H and O–H groups in total. The molecular formula is C19H26N2. The van der Waals surface area contributed by atoms with Crippen LogP contribution in [0.15, 0.2) is 42.5 Å². The molecule has 112 valence electrons. The molecule has 0 aliphatic heterocycles. The molecule has 0 saturated carbocycles. The van der Waals surface area contributed by atoms with Gasteiger partial charge in [-0.15, -0.1) is 0 Å². The van der Waals surface area contributed by atoms with Crippen molar-refractivity contribution in [2.24, 2.45) is 0 Å². The third kappa shape index (κ3) is 3.85. The van der Waals surface area contributed by atoms with E-state index in [1.807, 2.05) is 7.05 Å². The van der Waals surface area contributed by atoms with Gasteiger partial charge in [0.15, 0.2) is 0 Å². The minimum Gasteiger partial charge on any atom is -0.373 e. The van der Waals surface area contributed by atoms with Crippen LogP contribution in [0, 0.1) is 20.8 Å². The van der Waals surface area contributed by atoms with Gasteiger partial charge in [-0.05, 0) is 56.6 Å². The van der Waals surface area contributed by atoms with Crippen molar-refractivity contribution in [3.05, 3.63) is 64.7 Å². The molecule has 0 spiro atoms. The molecule has 2 rings (SSSR count). The fraction of sp³-hybridized carbons (Fsp3) is 0.368. The van der Waals surface area contributed by atoms with E-state index in [1.54, 1.807) is 0 Å². The molecule has 0 aliphatic rings. The van der Waals surface area contributed by atoms with E-state index in [0.29, 0.717) is 6.04 Å². The smallest absolute Gasteiger partial charge is 0.0495 e. The van der Waals surface area contributed by atoms with Crippen molar-refractivity contribution < 1.29 is 0 Å². The zero-order chi connectivity index (χ0) is 15.4. The summed E-state index contributed by atoms with van der Waals surface area (Å²) in [5, 5.41) is 3.44. The van der Waals surface area contributed by atoms with Crippen molar-refractivity contribution in [3.63, 3.8) is 0 Å². The molecule has 0 radical (unpaired) electrons. The molecule has 2 aromatic rings. The Morgan fingerprint density at radius 1 is 0.952 bits per heavy atom. The first-order chi connectivity index (χ1) is 10.0. The van der Waals surface area contributed by atoms with Crippen LogP contribution in [0.3, 0.4) is 0 Å². The monoisotopic (exact) mass is 282 g/mol. The largest absolute Gasteiger partial charge is 0.373 e. The molecule has 0 fully saturated rings. The fourth-order valence-corrected chi connectivity index (χ4v) is 2.52. The Morgan fingerprint density at radius 3 is 2.19 bits per heavy atom. The minimum atomic E-state index is 0.329. The van der Waals surface area contributed by atoms with E-state index in [4.69, 9.17) is 0 Å². The van der Waals surface area contributed by atoms with Crippen molar-refractivity contribution in [1.82, 2.24) is 5.32 Å². The van der Waals surface area contributed by atoms with Crippen molar-refractivity contribution in [2.75, 3.05) is 25.5 Å². The summed E-state index contributed by atoms with van der Waals surface area (Å²) in [7, 11) is 4.18. The molecule has 0 saturated heterocycles. The van der Waals surface area contributed by atoms with Gasteiger partial charge >= 0.3 is 0 Å². The van der Waals surface area contributed by atoms with Gasteiger partial charge in [-0.2, -0.15) is 0 Å². The number of hydrogen-bond acceptors (Lipinski definition) is 2. The van der Waals surface area contributed by atoms with Gasteiger partial charge in [0.1, 0.15) is 0 Å².